The van der Waals surface area contributed by atoms with Crippen LogP contribution in [0.15, 0.2) is 18.2 Å². The average molecular weight is 328 g/mol. The van der Waals surface area contributed by atoms with Crippen molar-refractivity contribution in [3.05, 3.63) is 29.3 Å². The van der Waals surface area contributed by atoms with Crippen molar-refractivity contribution in [2.45, 2.75) is 18.9 Å². The van der Waals surface area contributed by atoms with Crippen LogP contribution in [-0.4, -0.2) is 39.7 Å². The second-order valence-electron chi connectivity index (χ2n) is 4.61. The maximum atomic E-state index is 12.3. The average Bonchev–Trinajstić information content (AvgIpc) is 2.64. The SMILES string of the molecule is Cl.NC(=O)CCC(C(=O)O)N1C(=O)c2cccc(N)c2C1=O. The van der Waals surface area contributed by atoms with E-state index in [0.29, 0.717) is 4.90 Å². The van der Waals surface area contributed by atoms with E-state index in [9.17, 15) is 24.3 Å². The number of carbonyl (C=O) groups excluding carboxylic acids is 3. The van der Waals surface area contributed by atoms with E-state index in [1.54, 1.807) is 0 Å². The van der Waals surface area contributed by atoms with E-state index >= 15 is 0 Å². The maximum Gasteiger partial charge on any atom is 0.326 e. The number of hydrogen-bond acceptors (Lipinski definition) is 5. The van der Waals surface area contributed by atoms with Gasteiger partial charge in [-0.1, -0.05) is 6.07 Å². The molecule has 1 aromatic rings. The van der Waals surface area contributed by atoms with Crippen LogP contribution in [0.1, 0.15) is 33.6 Å². The fourth-order valence-electron chi connectivity index (χ4n) is 2.25. The van der Waals surface area contributed by atoms with Crippen LogP contribution in [0.5, 0.6) is 0 Å². The Balaban J connectivity index is 0.00000242. The predicted molar refractivity (Wildman–Crippen MR) is 78.5 cm³/mol. The van der Waals surface area contributed by atoms with Crippen molar-refractivity contribution in [3.8, 4) is 0 Å². The van der Waals surface area contributed by atoms with Crippen molar-refractivity contribution in [2.24, 2.45) is 5.73 Å². The van der Waals surface area contributed by atoms with Crippen molar-refractivity contribution in [2.75, 3.05) is 5.73 Å². The monoisotopic (exact) mass is 327 g/mol. The number of amides is 3. The molecule has 0 saturated carbocycles. The van der Waals surface area contributed by atoms with Crippen LogP contribution in [0.3, 0.4) is 0 Å². The highest BCUT2D eigenvalue weighted by atomic mass is 35.5. The lowest BCUT2D eigenvalue weighted by Crippen LogP contribution is -2.45. The number of nitrogens with zero attached hydrogens (tertiary/aromatic N) is 1. The third kappa shape index (κ3) is 2.86. The van der Waals surface area contributed by atoms with Crippen LogP contribution >= 0.6 is 12.4 Å². The number of imide groups is 1. The third-order valence-corrected chi connectivity index (χ3v) is 3.24. The molecular formula is C13H14ClN3O5. The van der Waals surface area contributed by atoms with Gasteiger partial charge < -0.3 is 16.6 Å². The summed E-state index contributed by atoms with van der Waals surface area (Å²) in [5.74, 6) is -3.61. The summed E-state index contributed by atoms with van der Waals surface area (Å²) < 4.78 is 0. The van der Waals surface area contributed by atoms with Gasteiger partial charge >= 0.3 is 5.97 Å². The Hall–Kier alpha value is -2.61. The molecule has 1 atom stereocenters. The number of rotatable bonds is 5. The summed E-state index contributed by atoms with van der Waals surface area (Å²) in [7, 11) is 0. The highest BCUT2D eigenvalue weighted by molar-refractivity contribution is 6.24. The van der Waals surface area contributed by atoms with Gasteiger partial charge in [-0.3, -0.25) is 19.3 Å². The molecule has 1 aromatic carbocycles. The maximum absolute atomic E-state index is 12.3. The molecule has 0 spiro atoms. The molecule has 1 aliphatic rings. The lowest BCUT2D eigenvalue weighted by molar-refractivity contribution is -0.141. The number of halogens is 1. The molecule has 1 heterocycles. The van der Waals surface area contributed by atoms with Gasteiger partial charge in [-0.15, -0.1) is 12.4 Å². The smallest absolute Gasteiger partial charge is 0.326 e. The normalized spacial score (nSPS) is 14.3. The van der Waals surface area contributed by atoms with E-state index in [1.165, 1.54) is 18.2 Å². The lowest BCUT2D eigenvalue weighted by Gasteiger charge is -2.21. The zero-order valence-electron chi connectivity index (χ0n) is 11.3. The topological polar surface area (TPSA) is 144 Å². The molecule has 0 saturated heterocycles. The third-order valence-electron chi connectivity index (χ3n) is 3.24. The summed E-state index contributed by atoms with van der Waals surface area (Å²) in [4.78, 5) is 47.2. The van der Waals surface area contributed by atoms with E-state index in [4.69, 9.17) is 11.5 Å². The van der Waals surface area contributed by atoms with Crippen LogP contribution in [0, 0.1) is 0 Å². The van der Waals surface area contributed by atoms with Crippen molar-refractivity contribution in [3.63, 3.8) is 0 Å². The van der Waals surface area contributed by atoms with Crippen LogP contribution in [0.4, 0.5) is 5.69 Å². The number of carbonyl (C=O) groups is 4. The minimum Gasteiger partial charge on any atom is -0.480 e. The number of anilines is 1. The number of carboxylic acids is 1. The highest BCUT2D eigenvalue weighted by Gasteiger charge is 2.43. The number of fused-ring (bicyclic) bond motifs is 1. The fraction of sp³-hybridized carbons (Fsp3) is 0.231. The quantitative estimate of drug-likeness (QED) is 0.513. The summed E-state index contributed by atoms with van der Waals surface area (Å²) in [5, 5.41) is 9.20. The first-order valence-corrected chi connectivity index (χ1v) is 6.12. The van der Waals surface area contributed by atoms with Gasteiger partial charge in [0.05, 0.1) is 11.1 Å². The number of primary amides is 1. The standard InChI is InChI=1S/C13H13N3O5.ClH/c14-7-3-1-2-6-10(7)12(19)16(11(6)18)8(13(20)21)4-5-9(15)17;/h1-3,8H,4-5,14H2,(H2,15,17)(H,20,21);1H. The molecule has 9 heteroatoms. The molecule has 8 nitrogen and oxygen atoms in total. The highest BCUT2D eigenvalue weighted by Crippen LogP contribution is 2.30. The largest absolute Gasteiger partial charge is 0.480 e. The number of aliphatic carboxylic acids is 1. The van der Waals surface area contributed by atoms with E-state index in [-0.39, 0.29) is 42.1 Å². The van der Waals surface area contributed by atoms with Crippen molar-refractivity contribution in [1.29, 1.82) is 0 Å². The molecule has 118 valence electrons. The van der Waals surface area contributed by atoms with E-state index in [0.717, 1.165) is 0 Å². The van der Waals surface area contributed by atoms with Crippen molar-refractivity contribution >= 4 is 41.8 Å². The zero-order valence-corrected chi connectivity index (χ0v) is 12.1. The number of benzene rings is 1. The molecule has 0 fully saturated rings. The van der Waals surface area contributed by atoms with Gasteiger partial charge in [-0.2, -0.15) is 0 Å². The molecule has 0 radical (unpaired) electrons. The molecule has 1 aliphatic heterocycles. The van der Waals surface area contributed by atoms with Crippen LogP contribution < -0.4 is 11.5 Å². The molecule has 5 N–H and O–H groups in total. The number of nitrogens with two attached hydrogens (primary N) is 2. The molecule has 22 heavy (non-hydrogen) atoms. The Morgan fingerprint density at radius 1 is 1.23 bits per heavy atom. The minimum absolute atomic E-state index is 0. The molecular weight excluding hydrogens is 314 g/mol. The number of carboxylic acid groups (broad SMARTS) is 1. The van der Waals surface area contributed by atoms with Crippen LogP contribution in [0.25, 0.3) is 0 Å². The van der Waals surface area contributed by atoms with Gasteiger partial charge in [0.1, 0.15) is 6.04 Å². The second-order valence-corrected chi connectivity index (χ2v) is 4.61. The van der Waals surface area contributed by atoms with Gasteiger partial charge in [0.2, 0.25) is 5.91 Å². The Morgan fingerprint density at radius 3 is 2.36 bits per heavy atom. The zero-order chi connectivity index (χ0) is 15.7. The summed E-state index contributed by atoms with van der Waals surface area (Å²) >= 11 is 0. The fourth-order valence-corrected chi connectivity index (χ4v) is 2.25. The van der Waals surface area contributed by atoms with Gasteiger partial charge in [-0.25, -0.2) is 4.79 Å². The Morgan fingerprint density at radius 2 is 1.86 bits per heavy atom. The Kier molecular flexibility index (Phi) is 5.10. The van der Waals surface area contributed by atoms with Gasteiger partial charge in [-0.05, 0) is 18.6 Å². The summed E-state index contributed by atoms with van der Waals surface area (Å²) in [6.07, 6.45) is -0.490. The van der Waals surface area contributed by atoms with Crippen LogP contribution in [-0.2, 0) is 9.59 Å². The summed E-state index contributed by atoms with van der Waals surface area (Å²) in [5.41, 5.74) is 10.8. The van der Waals surface area contributed by atoms with Crippen LogP contribution in [0.2, 0.25) is 0 Å². The molecule has 0 aromatic heterocycles. The molecule has 0 bridgehead atoms. The first-order chi connectivity index (χ1) is 9.84. The van der Waals surface area contributed by atoms with Gasteiger partial charge in [0, 0.05) is 12.1 Å². The molecule has 3 amide bonds. The summed E-state index contributed by atoms with van der Waals surface area (Å²) in [6, 6.07) is 2.90. The second kappa shape index (κ2) is 6.44. The molecule has 1 unspecified atom stereocenters. The Bertz CT molecular complexity index is 661. The van der Waals surface area contributed by atoms with E-state index in [2.05, 4.69) is 0 Å². The lowest BCUT2D eigenvalue weighted by atomic mass is 10.1. The van der Waals surface area contributed by atoms with Gasteiger partial charge in [0.25, 0.3) is 11.8 Å². The summed E-state index contributed by atoms with van der Waals surface area (Å²) in [6.45, 7) is 0. The number of hydrogen-bond donors (Lipinski definition) is 3. The van der Waals surface area contributed by atoms with E-state index < -0.39 is 29.7 Å². The van der Waals surface area contributed by atoms with Crippen molar-refractivity contribution in [1.82, 2.24) is 4.90 Å². The van der Waals surface area contributed by atoms with Crippen molar-refractivity contribution < 1.29 is 24.3 Å². The predicted octanol–water partition coefficient (Wildman–Crippen LogP) is 0.00530. The Labute approximate surface area is 131 Å². The first kappa shape index (κ1) is 17.4. The minimum atomic E-state index is -1.45. The van der Waals surface area contributed by atoms with Gasteiger partial charge in [0.15, 0.2) is 0 Å². The number of nitrogen functional groups attached to an aromatic ring is 1. The molecule has 2 rings (SSSR count). The first-order valence-electron chi connectivity index (χ1n) is 6.12. The van der Waals surface area contributed by atoms with E-state index in [1.807, 2.05) is 0 Å². The molecule has 0 aliphatic carbocycles.